The summed E-state index contributed by atoms with van der Waals surface area (Å²) in [5, 5.41) is 8.47. The topological polar surface area (TPSA) is 95.3 Å². The Morgan fingerprint density at radius 2 is 1.84 bits per heavy atom. The number of hydrogen-bond acceptors (Lipinski definition) is 6. The minimum atomic E-state index is -0.603. The van der Waals surface area contributed by atoms with Crippen LogP contribution in [0.4, 0.5) is 5.82 Å². The zero-order chi connectivity index (χ0) is 22.5. The standard InChI is InChI=1S/C23H19ClN4O4/c1-2-31-23(30)18-13-25-28(20-12-7-15-5-3-4-6-19(15)26-20)22(18)27-21(29)14-32-17-10-8-16(24)9-11-17/h3-13H,2,14H2,1H3,(H,27,29). The van der Waals surface area contributed by atoms with Crippen LogP contribution >= 0.6 is 11.6 Å². The molecule has 0 fully saturated rings. The van der Waals surface area contributed by atoms with E-state index in [-0.39, 0.29) is 24.6 Å². The van der Waals surface area contributed by atoms with E-state index in [1.165, 1.54) is 10.9 Å². The zero-order valence-electron chi connectivity index (χ0n) is 17.1. The Morgan fingerprint density at radius 3 is 2.62 bits per heavy atom. The number of halogens is 1. The lowest BCUT2D eigenvalue weighted by Gasteiger charge is -2.12. The summed E-state index contributed by atoms with van der Waals surface area (Å²) in [5.41, 5.74) is 0.864. The van der Waals surface area contributed by atoms with E-state index < -0.39 is 11.9 Å². The molecule has 0 atom stereocenters. The van der Waals surface area contributed by atoms with Gasteiger partial charge in [-0.15, -0.1) is 0 Å². The quantitative estimate of drug-likeness (QED) is 0.422. The van der Waals surface area contributed by atoms with Crippen molar-refractivity contribution in [2.45, 2.75) is 6.92 Å². The third-order valence-electron chi connectivity index (χ3n) is 4.51. The van der Waals surface area contributed by atoms with Gasteiger partial charge >= 0.3 is 5.97 Å². The molecule has 2 heterocycles. The number of ether oxygens (including phenoxy) is 2. The molecule has 0 spiro atoms. The van der Waals surface area contributed by atoms with E-state index in [0.717, 1.165) is 10.9 Å². The number of rotatable bonds is 7. The van der Waals surface area contributed by atoms with E-state index in [1.54, 1.807) is 37.3 Å². The molecule has 1 amide bonds. The molecule has 0 radical (unpaired) electrons. The van der Waals surface area contributed by atoms with Crippen LogP contribution in [-0.2, 0) is 9.53 Å². The predicted molar refractivity (Wildman–Crippen MR) is 120 cm³/mol. The summed E-state index contributed by atoms with van der Waals surface area (Å²) >= 11 is 5.86. The Bertz CT molecular complexity index is 1270. The van der Waals surface area contributed by atoms with Crippen molar-refractivity contribution in [1.82, 2.24) is 14.8 Å². The van der Waals surface area contributed by atoms with E-state index >= 15 is 0 Å². The number of fused-ring (bicyclic) bond motifs is 1. The lowest BCUT2D eigenvalue weighted by Crippen LogP contribution is -2.23. The van der Waals surface area contributed by atoms with Gasteiger partial charge < -0.3 is 14.8 Å². The number of nitrogens with one attached hydrogen (secondary N) is 1. The fourth-order valence-electron chi connectivity index (χ4n) is 3.02. The van der Waals surface area contributed by atoms with Crippen molar-refractivity contribution < 1.29 is 19.1 Å². The van der Waals surface area contributed by atoms with Gasteiger partial charge in [-0.05, 0) is 49.4 Å². The molecule has 2 aromatic carbocycles. The van der Waals surface area contributed by atoms with Crippen LogP contribution in [0.5, 0.6) is 5.75 Å². The molecule has 0 aliphatic rings. The maximum atomic E-state index is 12.6. The molecule has 0 aliphatic carbocycles. The first-order valence-electron chi connectivity index (χ1n) is 9.84. The number of hydrogen-bond donors (Lipinski definition) is 1. The van der Waals surface area contributed by atoms with Crippen molar-refractivity contribution in [3.05, 3.63) is 77.4 Å². The minimum Gasteiger partial charge on any atom is -0.484 e. The van der Waals surface area contributed by atoms with Crippen LogP contribution in [0, 0.1) is 0 Å². The number of amides is 1. The van der Waals surface area contributed by atoms with Crippen molar-refractivity contribution in [3.8, 4) is 11.6 Å². The monoisotopic (exact) mass is 450 g/mol. The number of nitrogens with zero attached hydrogens (tertiary/aromatic N) is 3. The van der Waals surface area contributed by atoms with Gasteiger partial charge in [0.1, 0.15) is 11.3 Å². The Kier molecular flexibility index (Phi) is 6.32. The van der Waals surface area contributed by atoms with E-state index in [2.05, 4.69) is 15.4 Å². The molecule has 8 nitrogen and oxygen atoms in total. The van der Waals surface area contributed by atoms with Gasteiger partial charge in [-0.1, -0.05) is 29.8 Å². The Labute approximate surface area is 188 Å². The van der Waals surface area contributed by atoms with Crippen LogP contribution in [0.1, 0.15) is 17.3 Å². The van der Waals surface area contributed by atoms with Crippen molar-refractivity contribution in [3.63, 3.8) is 0 Å². The summed E-state index contributed by atoms with van der Waals surface area (Å²) in [6.45, 7) is 1.61. The molecule has 4 rings (SSSR count). The fraction of sp³-hybridized carbons (Fsp3) is 0.130. The zero-order valence-corrected chi connectivity index (χ0v) is 17.9. The normalized spacial score (nSPS) is 10.7. The van der Waals surface area contributed by atoms with Gasteiger partial charge in [0.05, 0.1) is 18.3 Å². The van der Waals surface area contributed by atoms with E-state index in [0.29, 0.717) is 16.6 Å². The Morgan fingerprint density at radius 1 is 1.06 bits per heavy atom. The van der Waals surface area contributed by atoms with Gasteiger partial charge in [0.2, 0.25) is 0 Å². The molecule has 2 aromatic heterocycles. The highest BCUT2D eigenvalue weighted by molar-refractivity contribution is 6.30. The second-order valence-corrected chi connectivity index (χ2v) is 7.13. The molecule has 0 unspecified atom stereocenters. The van der Waals surface area contributed by atoms with Crippen molar-refractivity contribution >= 4 is 40.2 Å². The summed E-state index contributed by atoms with van der Waals surface area (Å²) in [5.74, 6) is -0.00882. The summed E-state index contributed by atoms with van der Waals surface area (Å²) in [6, 6.07) is 17.9. The third-order valence-corrected chi connectivity index (χ3v) is 4.76. The van der Waals surface area contributed by atoms with Gasteiger partial charge in [-0.3, -0.25) is 4.79 Å². The highest BCUT2D eigenvalue weighted by Gasteiger charge is 2.22. The van der Waals surface area contributed by atoms with Gasteiger partial charge in [-0.2, -0.15) is 9.78 Å². The number of carbonyl (C=O) groups is 2. The molecule has 32 heavy (non-hydrogen) atoms. The molecule has 0 bridgehead atoms. The van der Waals surface area contributed by atoms with Gasteiger partial charge in [0.25, 0.3) is 5.91 Å². The third kappa shape index (κ3) is 4.70. The lowest BCUT2D eigenvalue weighted by molar-refractivity contribution is -0.118. The molecule has 0 aliphatic heterocycles. The average Bonchev–Trinajstić information content (AvgIpc) is 3.22. The van der Waals surface area contributed by atoms with Crippen LogP contribution in [0.3, 0.4) is 0 Å². The summed E-state index contributed by atoms with van der Waals surface area (Å²) in [6.07, 6.45) is 1.34. The molecule has 162 valence electrons. The molecular weight excluding hydrogens is 432 g/mol. The van der Waals surface area contributed by atoms with Gasteiger partial charge in [0.15, 0.2) is 18.2 Å². The molecule has 4 aromatic rings. The predicted octanol–water partition coefficient (Wildman–Crippen LogP) is 4.27. The van der Waals surface area contributed by atoms with Crippen LogP contribution in [0.25, 0.3) is 16.7 Å². The number of carbonyl (C=O) groups excluding carboxylic acids is 2. The maximum Gasteiger partial charge on any atom is 0.343 e. The fourth-order valence-corrected chi connectivity index (χ4v) is 3.15. The Hall–Kier alpha value is -3.91. The van der Waals surface area contributed by atoms with Gasteiger partial charge in [0, 0.05) is 10.4 Å². The van der Waals surface area contributed by atoms with Crippen molar-refractivity contribution in [2.75, 3.05) is 18.5 Å². The van der Waals surface area contributed by atoms with Crippen LogP contribution in [-0.4, -0.2) is 39.9 Å². The number of pyridine rings is 1. The van der Waals surface area contributed by atoms with Crippen molar-refractivity contribution in [2.24, 2.45) is 0 Å². The summed E-state index contributed by atoms with van der Waals surface area (Å²) < 4.78 is 12.0. The number of aromatic nitrogens is 3. The van der Waals surface area contributed by atoms with Crippen LogP contribution in [0.2, 0.25) is 5.02 Å². The number of benzene rings is 2. The Balaban J connectivity index is 1.62. The molecule has 0 saturated heterocycles. The SMILES string of the molecule is CCOC(=O)c1cnn(-c2ccc3ccccc3n2)c1NC(=O)COc1ccc(Cl)cc1. The highest BCUT2D eigenvalue weighted by Crippen LogP contribution is 2.23. The van der Waals surface area contributed by atoms with Gasteiger partial charge in [-0.25, -0.2) is 9.78 Å². The molecule has 1 N–H and O–H groups in total. The first-order valence-corrected chi connectivity index (χ1v) is 10.2. The van der Waals surface area contributed by atoms with Crippen molar-refractivity contribution in [1.29, 1.82) is 0 Å². The smallest absolute Gasteiger partial charge is 0.343 e. The first kappa shape index (κ1) is 21.3. The lowest BCUT2D eigenvalue weighted by atomic mass is 10.2. The van der Waals surface area contributed by atoms with E-state index in [4.69, 9.17) is 21.1 Å². The number of anilines is 1. The highest BCUT2D eigenvalue weighted by atomic mass is 35.5. The maximum absolute atomic E-state index is 12.6. The molecule has 9 heteroatoms. The average molecular weight is 451 g/mol. The minimum absolute atomic E-state index is 0.113. The molecule has 0 saturated carbocycles. The van der Waals surface area contributed by atoms with E-state index in [9.17, 15) is 9.59 Å². The largest absolute Gasteiger partial charge is 0.484 e. The summed E-state index contributed by atoms with van der Waals surface area (Å²) in [7, 11) is 0. The summed E-state index contributed by atoms with van der Waals surface area (Å²) in [4.78, 5) is 29.6. The molecular formula is C23H19ClN4O4. The van der Waals surface area contributed by atoms with Crippen LogP contribution in [0.15, 0.2) is 66.9 Å². The second-order valence-electron chi connectivity index (χ2n) is 6.69. The van der Waals surface area contributed by atoms with E-state index in [1.807, 2.05) is 30.3 Å². The van der Waals surface area contributed by atoms with Crippen LogP contribution < -0.4 is 10.1 Å². The first-order chi connectivity index (χ1) is 15.5. The number of para-hydroxylation sites is 1. The number of esters is 1. The second kappa shape index (κ2) is 9.49.